The van der Waals surface area contributed by atoms with E-state index in [0.29, 0.717) is 5.69 Å². The normalized spacial score (nSPS) is 14.9. The lowest BCUT2D eigenvalue weighted by Crippen LogP contribution is -2.17. The van der Waals surface area contributed by atoms with Gasteiger partial charge < -0.3 is 19.7 Å². The van der Waals surface area contributed by atoms with Crippen molar-refractivity contribution in [3.63, 3.8) is 0 Å². The number of aliphatic hydroxyl groups is 1. The molecule has 31 heavy (non-hydrogen) atoms. The van der Waals surface area contributed by atoms with Gasteiger partial charge >= 0.3 is 5.97 Å². The monoisotopic (exact) mass is 445 g/mol. The highest BCUT2D eigenvalue weighted by atomic mass is 31.2. The predicted octanol–water partition coefficient (Wildman–Crippen LogP) is 5.11. The van der Waals surface area contributed by atoms with Crippen molar-refractivity contribution >= 4 is 30.3 Å². The minimum Gasteiger partial charge on any atom is -0.481 e. The number of halogens is 1. The zero-order valence-electron chi connectivity index (χ0n) is 17.3. The van der Waals surface area contributed by atoms with Crippen LogP contribution in [0.15, 0.2) is 54.3 Å². The van der Waals surface area contributed by atoms with Gasteiger partial charge in [-0.25, -0.2) is 4.39 Å². The predicted molar refractivity (Wildman–Crippen MR) is 120 cm³/mol. The molecule has 3 rings (SSSR count). The molecule has 0 aliphatic carbocycles. The van der Waals surface area contributed by atoms with Crippen LogP contribution in [-0.4, -0.2) is 37.9 Å². The molecule has 0 amide bonds. The second-order valence-electron chi connectivity index (χ2n) is 7.75. The van der Waals surface area contributed by atoms with Gasteiger partial charge in [-0.1, -0.05) is 30.3 Å². The molecule has 3 N–H and O–H groups in total. The van der Waals surface area contributed by atoms with Crippen LogP contribution in [-0.2, 0) is 9.36 Å². The van der Waals surface area contributed by atoms with E-state index in [1.807, 2.05) is 42.7 Å². The van der Waals surface area contributed by atoms with E-state index in [2.05, 4.69) is 0 Å². The van der Waals surface area contributed by atoms with Crippen molar-refractivity contribution in [1.29, 1.82) is 0 Å². The number of carbonyl (C=O) groups is 1. The third-order valence-electron chi connectivity index (χ3n) is 4.95. The molecule has 0 aliphatic heterocycles. The number of carboxylic acids is 1. The van der Waals surface area contributed by atoms with Crippen LogP contribution < -0.4 is 0 Å². The zero-order chi connectivity index (χ0) is 22.8. The van der Waals surface area contributed by atoms with Crippen LogP contribution in [0.5, 0.6) is 0 Å². The first-order valence-corrected chi connectivity index (χ1v) is 11.8. The number of hydrogen-bond acceptors (Lipinski definition) is 3. The minimum atomic E-state index is -3.95. The van der Waals surface area contributed by atoms with Crippen molar-refractivity contribution < 1.29 is 28.9 Å². The summed E-state index contributed by atoms with van der Waals surface area (Å²) >= 11 is 0. The molecule has 0 saturated carbocycles. The molecule has 164 valence electrons. The van der Waals surface area contributed by atoms with Crippen molar-refractivity contribution in [3.05, 3.63) is 65.9 Å². The fraction of sp³-hybridized carbons (Fsp3) is 0.261. The van der Waals surface area contributed by atoms with Crippen LogP contribution in [0, 0.1) is 5.82 Å². The highest BCUT2D eigenvalue weighted by Gasteiger charge is 2.24. The molecule has 0 saturated heterocycles. The van der Waals surface area contributed by atoms with Crippen LogP contribution in [0.3, 0.4) is 0 Å². The molecule has 6 nitrogen and oxygen atoms in total. The molecule has 0 radical (unpaired) electrons. The number of benzene rings is 2. The average molecular weight is 445 g/mol. The van der Waals surface area contributed by atoms with Gasteiger partial charge in [0, 0.05) is 28.3 Å². The van der Waals surface area contributed by atoms with E-state index in [0.717, 1.165) is 27.8 Å². The standard InChI is InChI=1S/C23H25FNO5P/c1-15(2)25-20-6-4-3-5-19(20)23(16-7-9-17(24)10-8-16)21(25)11-12-31(29,30)14-18(26)13-22(27)28/h3-12,15,18,26H,13-14H2,1-2H3,(H,27,28)(H,29,30). The molecular formula is C23H25FNO5P. The maximum Gasteiger partial charge on any atom is 0.305 e. The van der Waals surface area contributed by atoms with Gasteiger partial charge in [-0.05, 0) is 43.7 Å². The summed E-state index contributed by atoms with van der Waals surface area (Å²) in [5.74, 6) is -0.464. The Kier molecular flexibility index (Phi) is 6.80. The van der Waals surface area contributed by atoms with Crippen LogP contribution in [0.4, 0.5) is 4.39 Å². The Bertz CT molecular complexity index is 1170. The van der Waals surface area contributed by atoms with Crippen molar-refractivity contribution in [3.8, 4) is 11.1 Å². The van der Waals surface area contributed by atoms with E-state index < -0.39 is 32.0 Å². The molecule has 2 unspecified atom stereocenters. The van der Waals surface area contributed by atoms with E-state index in [4.69, 9.17) is 5.11 Å². The number of para-hydroxylation sites is 1. The fourth-order valence-electron chi connectivity index (χ4n) is 3.74. The third-order valence-corrected chi connectivity index (χ3v) is 6.51. The molecule has 1 aromatic heterocycles. The molecular weight excluding hydrogens is 420 g/mol. The maximum absolute atomic E-state index is 13.5. The second-order valence-corrected chi connectivity index (χ2v) is 9.93. The summed E-state index contributed by atoms with van der Waals surface area (Å²) in [5.41, 5.74) is 3.15. The molecule has 0 aliphatic rings. The Morgan fingerprint density at radius 1 is 1.16 bits per heavy atom. The van der Waals surface area contributed by atoms with Gasteiger partial charge in [0.15, 0.2) is 0 Å². The number of aliphatic hydroxyl groups excluding tert-OH is 1. The van der Waals surface area contributed by atoms with Crippen molar-refractivity contribution in [2.24, 2.45) is 0 Å². The first-order valence-electron chi connectivity index (χ1n) is 9.88. The fourth-order valence-corrected chi connectivity index (χ4v) is 4.97. The Morgan fingerprint density at radius 2 is 1.81 bits per heavy atom. The van der Waals surface area contributed by atoms with Gasteiger partial charge in [0.05, 0.1) is 24.4 Å². The van der Waals surface area contributed by atoms with E-state index in [1.54, 1.807) is 12.1 Å². The largest absolute Gasteiger partial charge is 0.481 e. The van der Waals surface area contributed by atoms with Crippen LogP contribution in [0.1, 0.15) is 32.0 Å². The SMILES string of the molecule is CC(C)n1c(C=CP(=O)(O)CC(O)CC(=O)O)c(-c2ccc(F)cc2)c2ccccc21. The number of hydrogen-bond donors (Lipinski definition) is 3. The van der Waals surface area contributed by atoms with Gasteiger partial charge in [0.25, 0.3) is 0 Å². The molecule has 1 heterocycles. The van der Waals surface area contributed by atoms with Gasteiger partial charge in [-0.3, -0.25) is 9.36 Å². The molecule has 3 aromatic rings. The smallest absolute Gasteiger partial charge is 0.305 e. The molecule has 8 heteroatoms. The molecule has 0 spiro atoms. The Labute approximate surface area is 179 Å². The average Bonchev–Trinajstić information content (AvgIpc) is 3.00. The lowest BCUT2D eigenvalue weighted by molar-refractivity contribution is -0.138. The summed E-state index contributed by atoms with van der Waals surface area (Å²) in [6, 6.07) is 13.8. The van der Waals surface area contributed by atoms with Crippen molar-refractivity contribution in [2.45, 2.75) is 32.4 Å². The Morgan fingerprint density at radius 3 is 2.42 bits per heavy atom. The first-order chi connectivity index (χ1) is 14.6. The van der Waals surface area contributed by atoms with Gasteiger partial charge in [0.1, 0.15) is 5.82 Å². The lowest BCUT2D eigenvalue weighted by Gasteiger charge is -2.15. The van der Waals surface area contributed by atoms with E-state index in [9.17, 15) is 23.7 Å². The summed E-state index contributed by atoms with van der Waals surface area (Å²) < 4.78 is 28.2. The molecule has 2 atom stereocenters. The first kappa shape index (κ1) is 22.9. The van der Waals surface area contributed by atoms with Crippen LogP contribution >= 0.6 is 7.37 Å². The van der Waals surface area contributed by atoms with Crippen molar-refractivity contribution in [2.75, 3.05) is 6.16 Å². The third kappa shape index (κ3) is 5.31. The number of aliphatic carboxylic acids is 1. The summed E-state index contributed by atoms with van der Waals surface area (Å²) in [6.45, 7) is 3.99. The highest BCUT2D eigenvalue weighted by Crippen LogP contribution is 2.45. The van der Waals surface area contributed by atoms with Crippen molar-refractivity contribution in [1.82, 2.24) is 4.57 Å². The van der Waals surface area contributed by atoms with E-state index in [-0.39, 0.29) is 11.9 Å². The number of carboxylic acid groups (broad SMARTS) is 1. The Balaban J connectivity index is 2.14. The summed E-state index contributed by atoms with van der Waals surface area (Å²) in [7, 11) is -3.95. The van der Waals surface area contributed by atoms with Gasteiger partial charge in [-0.15, -0.1) is 0 Å². The van der Waals surface area contributed by atoms with Crippen LogP contribution in [0.25, 0.3) is 28.1 Å². The van der Waals surface area contributed by atoms with E-state index in [1.165, 1.54) is 18.2 Å². The second kappa shape index (κ2) is 9.18. The number of nitrogens with zero attached hydrogens (tertiary/aromatic N) is 1. The summed E-state index contributed by atoms with van der Waals surface area (Å²) in [5, 5.41) is 19.5. The number of fused-ring (bicyclic) bond motifs is 1. The molecule has 0 fully saturated rings. The topological polar surface area (TPSA) is 99.8 Å². The molecule has 2 aromatic carbocycles. The maximum atomic E-state index is 13.5. The number of rotatable bonds is 8. The van der Waals surface area contributed by atoms with Gasteiger partial charge in [0.2, 0.25) is 7.37 Å². The summed E-state index contributed by atoms with van der Waals surface area (Å²) in [6.07, 6.45) is -1.05. The van der Waals surface area contributed by atoms with E-state index >= 15 is 0 Å². The minimum absolute atomic E-state index is 0.0226. The number of aromatic nitrogens is 1. The van der Waals surface area contributed by atoms with Crippen LogP contribution in [0.2, 0.25) is 0 Å². The summed E-state index contributed by atoms with van der Waals surface area (Å²) in [4.78, 5) is 21.1. The Hall–Kier alpha value is -2.73. The van der Waals surface area contributed by atoms with Gasteiger partial charge in [-0.2, -0.15) is 0 Å². The lowest BCUT2D eigenvalue weighted by atomic mass is 10.0. The zero-order valence-corrected chi connectivity index (χ0v) is 18.2. The quantitative estimate of drug-likeness (QED) is 0.419. The molecule has 0 bridgehead atoms. The highest BCUT2D eigenvalue weighted by molar-refractivity contribution is 7.61.